The first-order valence-corrected chi connectivity index (χ1v) is 16.9. The molecule has 0 bridgehead atoms. The van der Waals surface area contributed by atoms with Gasteiger partial charge in [0.2, 0.25) is 5.91 Å². The second kappa shape index (κ2) is 28.6. The first-order chi connectivity index (χ1) is 18.9. The third kappa shape index (κ3) is 25.8. The smallest absolute Gasteiger partial charge is 0.249 e. The van der Waals surface area contributed by atoms with Crippen LogP contribution in [0.2, 0.25) is 0 Å². The summed E-state index contributed by atoms with van der Waals surface area (Å²) >= 11 is 0. The fraction of sp³-hybridized carbons (Fsp3) is 0.912. The second-order valence-corrected chi connectivity index (χ2v) is 12.2. The molecule has 5 nitrogen and oxygen atoms in total. The zero-order chi connectivity index (χ0) is 29.0. The van der Waals surface area contributed by atoms with Gasteiger partial charge in [-0.05, 0) is 25.2 Å². The summed E-state index contributed by atoms with van der Waals surface area (Å²) in [5, 5.41) is 32.8. The van der Waals surface area contributed by atoms with Gasteiger partial charge in [0, 0.05) is 0 Å². The number of hydrogen-bond donors (Lipinski definition) is 4. The average molecular weight is 554 g/mol. The molecule has 0 aromatic heterocycles. The molecule has 0 saturated heterocycles. The van der Waals surface area contributed by atoms with E-state index in [4.69, 9.17) is 0 Å². The SMILES string of the molecule is CCCCCCCCCCCCCCC[C@@H](O)C(=O)N[C@@H](CO)[C@H](O)/C=C/CCCCCCCCCC(C)C. The van der Waals surface area contributed by atoms with Crippen LogP contribution in [0.1, 0.15) is 168 Å². The van der Waals surface area contributed by atoms with E-state index in [2.05, 4.69) is 26.1 Å². The molecule has 0 spiro atoms. The summed E-state index contributed by atoms with van der Waals surface area (Å²) in [5.74, 6) is 0.304. The summed E-state index contributed by atoms with van der Waals surface area (Å²) in [6, 6.07) is -0.791. The van der Waals surface area contributed by atoms with Crippen LogP contribution in [0.4, 0.5) is 0 Å². The fourth-order valence-electron chi connectivity index (χ4n) is 5.07. The van der Waals surface area contributed by atoms with Crippen LogP contribution in [0.25, 0.3) is 0 Å². The second-order valence-electron chi connectivity index (χ2n) is 12.2. The Morgan fingerprint density at radius 2 is 1.10 bits per heavy atom. The fourth-order valence-corrected chi connectivity index (χ4v) is 5.07. The molecular formula is C34H67NO4. The number of rotatable bonds is 29. The van der Waals surface area contributed by atoms with Gasteiger partial charge in [-0.3, -0.25) is 4.79 Å². The van der Waals surface area contributed by atoms with Gasteiger partial charge < -0.3 is 20.6 Å². The summed E-state index contributed by atoms with van der Waals surface area (Å²) in [7, 11) is 0. The van der Waals surface area contributed by atoms with E-state index in [-0.39, 0.29) is 6.61 Å². The predicted molar refractivity (Wildman–Crippen MR) is 167 cm³/mol. The maximum atomic E-state index is 12.3. The minimum absolute atomic E-state index is 0.362. The van der Waals surface area contributed by atoms with Gasteiger partial charge in [-0.15, -0.1) is 0 Å². The van der Waals surface area contributed by atoms with Crippen molar-refractivity contribution in [1.82, 2.24) is 5.32 Å². The van der Waals surface area contributed by atoms with E-state index in [1.807, 2.05) is 6.08 Å². The Morgan fingerprint density at radius 1 is 0.667 bits per heavy atom. The molecule has 232 valence electrons. The van der Waals surface area contributed by atoms with Gasteiger partial charge in [0.15, 0.2) is 0 Å². The van der Waals surface area contributed by atoms with Crippen LogP contribution in [-0.4, -0.2) is 46.1 Å². The van der Waals surface area contributed by atoms with E-state index in [0.29, 0.717) is 6.42 Å². The molecule has 0 unspecified atom stereocenters. The highest BCUT2D eigenvalue weighted by Crippen LogP contribution is 2.15. The van der Waals surface area contributed by atoms with Gasteiger partial charge in [-0.1, -0.05) is 161 Å². The molecule has 0 aliphatic heterocycles. The van der Waals surface area contributed by atoms with Crippen LogP contribution in [-0.2, 0) is 4.79 Å². The normalized spacial score (nSPS) is 14.2. The van der Waals surface area contributed by atoms with Crippen molar-refractivity contribution in [2.75, 3.05) is 6.61 Å². The first kappa shape index (κ1) is 38.1. The van der Waals surface area contributed by atoms with Gasteiger partial charge in [0.25, 0.3) is 0 Å². The standard InChI is InChI=1S/C34H67NO4/c1-4-5-6-7-8-9-10-11-12-15-19-22-25-28-33(38)34(39)35-31(29-36)32(37)27-24-21-18-16-13-14-17-20-23-26-30(2)3/h24,27,30-33,36-38H,4-23,25-26,28-29H2,1-3H3,(H,35,39)/b27-24+/t31-,32+,33+/m0/s1. The molecule has 3 atom stereocenters. The number of carbonyl (C=O) groups excluding carboxylic acids is 1. The number of amides is 1. The lowest BCUT2D eigenvalue weighted by molar-refractivity contribution is -0.131. The van der Waals surface area contributed by atoms with Gasteiger partial charge in [-0.25, -0.2) is 0 Å². The summed E-state index contributed by atoms with van der Waals surface area (Å²) in [6.07, 6.45) is 29.4. The van der Waals surface area contributed by atoms with Crippen molar-refractivity contribution in [3.8, 4) is 0 Å². The van der Waals surface area contributed by atoms with E-state index < -0.39 is 24.2 Å². The Labute approximate surface area is 242 Å². The number of unbranched alkanes of at least 4 members (excludes halogenated alkanes) is 19. The lowest BCUT2D eigenvalue weighted by Crippen LogP contribution is -2.48. The molecule has 0 fully saturated rings. The van der Waals surface area contributed by atoms with Crippen LogP contribution < -0.4 is 5.32 Å². The number of aliphatic hydroxyl groups excluding tert-OH is 3. The lowest BCUT2D eigenvalue weighted by atomic mass is 10.0. The quantitative estimate of drug-likeness (QED) is 0.0553. The monoisotopic (exact) mass is 554 g/mol. The van der Waals surface area contributed by atoms with Crippen molar-refractivity contribution in [2.24, 2.45) is 5.92 Å². The molecule has 0 aliphatic carbocycles. The highest BCUT2D eigenvalue weighted by molar-refractivity contribution is 5.80. The zero-order valence-corrected chi connectivity index (χ0v) is 26.2. The number of hydrogen-bond acceptors (Lipinski definition) is 4. The number of allylic oxidation sites excluding steroid dienone is 1. The Kier molecular flexibility index (Phi) is 27.9. The summed E-state index contributed by atoms with van der Waals surface area (Å²) in [5.41, 5.74) is 0. The molecule has 0 aliphatic rings. The van der Waals surface area contributed by atoms with Crippen LogP contribution in [0.15, 0.2) is 12.2 Å². The molecule has 1 amide bonds. The van der Waals surface area contributed by atoms with Crippen LogP contribution in [0, 0.1) is 5.92 Å². The summed E-state index contributed by atoms with van der Waals surface area (Å²) in [4.78, 5) is 12.3. The van der Waals surface area contributed by atoms with Crippen molar-refractivity contribution in [3.63, 3.8) is 0 Å². The van der Waals surface area contributed by atoms with Gasteiger partial charge >= 0.3 is 0 Å². The average Bonchev–Trinajstić information content (AvgIpc) is 2.92. The molecule has 0 aromatic rings. The highest BCUT2D eigenvalue weighted by Gasteiger charge is 2.22. The largest absolute Gasteiger partial charge is 0.394 e. The third-order valence-electron chi connectivity index (χ3n) is 7.81. The van der Waals surface area contributed by atoms with Gasteiger partial charge in [0.05, 0.1) is 18.8 Å². The van der Waals surface area contributed by atoms with Crippen molar-refractivity contribution >= 4 is 5.91 Å². The summed E-state index contributed by atoms with van der Waals surface area (Å²) < 4.78 is 0. The molecule has 0 rings (SSSR count). The first-order valence-electron chi connectivity index (χ1n) is 16.9. The van der Waals surface area contributed by atoms with Crippen molar-refractivity contribution in [2.45, 2.75) is 187 Å². The number of nitrogens with one attached hydrogen (secondary N) is 1. The summed E-state index contributed by atoms with van der Waals surface area (Å²) in [6.45, 7) is 6.46. The molecule has 4 N–H and O–H groups in total. The molecule has 0 radical (unpaired) electrons. The Hall–Kier alpha value is -0.910. The Morgan fingerprint density at radius 3 is 1.56 bits per heavy atom. The third-order valence-corrected chi connectivity index (χ3v) is 7.81. The molecule has 0 heterocycles. The van der Waals surface area contributed by atoms with Gasteiger partial charge in [0.1, 0.15) is 6.10 Å². The van der Waals surface area contributed by atoms with Crippen LogP contribution >= 0.6 is 0 Å². The minimum Gasteiger partial charge on any atom is -0.394 e. The Balaban J connectivity index is 3.79. The minimum atomic E-state index is -1.09. The lowest BCUT2D eigenvalue weighted by Gasteiger charge is -2.21. The van der Waals surface area contributed by atoms with Crippen molar-refractivity contribution < 1.29 is 20.1 Å². The van der Waals surface area contributed by atoms with E-state index in [1.165, 1.54) is 109 Å². The highest BCUT2D eigenvalue weighted by atomic mass is 16.3. The van der Waals surface area contributed by atoms with E-state index in [9.17, 15) is 20.1 Å². The zero-order valence-electron chi connectivity index (χ0n) is 26.2. The maximum Gasteiger partial charge on any atom is 0.249 e. The van der Waals surface area contributed by atoms with E-state index in [1.54, 1.807) is 6.08 Å². The maximum absolute atomic E-state index is 12.3. The van der Waals surface area contributed by atoms with Crippen LogP contribution in [0.5, 0.6) is 0 Å². The van der Waals surface area contributed by atoms with Crippen molar-refractivity contribution in [3.05, 3.63) is 12.2 Å². The molecule has 39 heavy (non-hydrogen) atoms. The molecule has 5 heteroatoms. The molecule has 0 aromatic carbocycles. The van der Waals surface area contributed by atoms with Crippen molar-refractivity contribution in [1.29, 1.82) is 0 Å². The number of carbonyl (C=O) groups is 1. The van der Waals surface area contributed by atoms with Gasteiger partial charge in [-0.2, -0.15) is 0 Å². The number of aliphatic hydroxyl groups is 3. The topological polar surface area (TPSA) is 89.8 Å². The molecular weight excluding hydrogens is 486 g/mol. The van der Waals surface area contributed by atoms with Crippen LogP contribution in [0.3, 0.4) is 0 Å². The van der Waals surface area contributed by atoms with E-state index in [0.717, 1.165) is 38.0 Å². The predicted octanol–water partition coefficient (Wildman–Crippen LogP) is 8.39. The van der Waals surface area contributed by atoms with E-state index >= 15 is 0 Å². The Bertz CT molecular complexity index is 551. The molecule has 0 saturated carbocycles.